The maximum atomic E-state index is 12.0. The molecule has 23 heavy (non-hydrogen) atoms. The highest BCUT2D eigenvalue weighted by molar-refractivity contribution is 6.04. The number of ether oxygens (including phenoxy) is 1. The molecule has 0 atom stereocenters. The number of rotatable bonds is 6. The first-order valence-electron chi connectivity index (χ1n) is 7.62. The number of hydrogen-bond donors (Lipinski definition) is 2. The van der Waals surface area contributed by atoms with Crippen LogP contribution in [0.25, 0.3) is 0 Å². The molecule has 2 aromatic rings. The number of para-hydroxylation sites is 3. The quantitative estimate of drug-likeness (QED) is 0.806. The lowest BCUT2D eigenvalue weighted by molar-refractivity contribution is -0.126. The average molecular weight is 310 g/mol. The summed E-state index contributed by atoms with van der Waals surface area (Å²) in [5.41, 5.74) is 0.542. The minimum atomic E-state index is -0.354. The zero-order valence-corrected chi connectivity index (χ0v) is 12.6. The van der Waals surface area contributed by atoms with Gasteiger partial charge in [0.05, 0.1) is 5.69 Å². The molecule has 2 N–H and O–H groups in total. The van der Waals surface area contributed by atoms with E-state index in [1.54, 1.807) is 18.2 Å². The first-order chi connectivity index (χ1) is 11.2. The monoisotopic (exact) mass is 310 g/mol. The van der Waals surface area contributed by atoms with Crippen LogP contribution in [0.15, 0.2) is 54.6 Å². The second-order valence-corrected chi connectivity index (χ2v) is 5.48. The summed E-state index contributed by atoms with van der Waals surface area (Å²) in [6.07, 6.45) is 1.82. The SMILES string of the molecule is O=C(CC(=O)NC1CC1)Nc1ccccc1Oc1ccccc1. The summed E-state index contributed by atoms with van der Waals surface area (Å²) < 4.78 is 5.77. The molecule has 1 saturated carbocycles. The van der Waals surface area contributed by atoms with Crippen LogP contribution in [-0.2, 0) is 9.59 Å². The van der Waals surface area contributed by atoms with Gasteiger partial charge in [-0.15, -0.1) is 0 Å². The third-order valence-electron chi connectivity index (χ3n) is 3.40. The zero-order valence-electron chi connectivity index (χ0n) is 12.6. The van der Waals surface area contributed by atoms with E-state index in [0.717, 1.165) is 12.8 Å². The van der Waals surface area contributed by atoms with Gasteiger partial charge in [0.15, 0.2) is 5.75 Å². The molecular weight excluding hydrogens is 292 g/mol. The van der Waals surface area contributed by atoms with Crippen LogP contribution >= 0.6 is 0 Å². The molecule has 0 aliphatic heterocycles. The number of hydrogen-bond acceptors (Lipinski definition) is 3. The smallest absolute Gasteiger partial charge is 0.233 e. The first kappa shape index (κ1) is 15.1. The second kappa shape index (κ2) is 6.96. The van der Waals surface area contributed by atoms with Crippen LogP contribution in [0.5, 0.6) is 11.5 Å². The van der Waals surface area contributed by atoms with Crippen LogP contribution in [0.2, 0.25) is 0 Å². The fraction of sp³-hybridized carbons (Fsp3) is 0.222. The highest BCUT2D eigenvalue weighted by Crippen LogP contribution is 2.29. The lowest BCUT2D eigenvalue weighted by Gasteiger charge is -2.12. The van der Waals surface area contributed by atoms with Crippen molar-refractivity contribution in [3.05, 3.63) is 54.6 Å². The third-order valence-corrected chi connectivity index (χ3v) is 3.40. The van der Waals surface area contributed by atoms with Crippen molar-refractivity contribution in [2.24, 2.45) is 0 Å². The number of carbonyl (C=O) groups excluding carboxylic acids is 2. The van der Waals surface area contributed by atoms with Gasteiger partial charge in [-0.2, -0.15) is 0 Å². The molecule has 5 nitrogen and oxygen atoms in total. The van der Waals surface area contributed by atoms with Gasteiger partial charge in [0.1, 0.15) is 12.2 Å². The van der Waals surface area contributed by atoms with Gasteiger partial charge in [-0.05, 0) is 37.1 Å². The molecule has 0 spiro atoms. The molecule has 0 saturated heterocycles. The Morgan fingerprint density at radius 2 is 1.65 bits per heavy atom. The molecule has 0 radical (unpaired) electrons. The van der Waals surface area contributed by atoms with E-state index in [2.05, 4.69) is 10.6 Å². The molecule has 1 fully saturated rings. The van der Waals surface area contributed by atoms with Crippen molar-refractivity contribution in [3.63, 3.8) is 0 Å². The van der Waals surface area contributed by atoms with Gasteiger partial charge in [-0.3, -0.25) is 9.59 Å². The largest absolute Gasteiger partial charge is 0.455 e. The molecule has 0 aromatic heterocycles. The fourth-order valence-corrected chi connectivity index (χ4v) is 2.12. The van der Waals surface area contributed by atoms with Crippen molar-refractivity contribution in [2.45, 2.75) is 25.3 Å². The molecule has 118 valence electrons. The Kier molecular flexibility index (Phi) is 4.57. The molecule has 2 aromatic carbocycles. The van der Waals surface area contributed by atoms with Gasteiger partial charge < -0.3 is 15.4 Å². The van der Waals surface area contributed by atoms with Gasteiger partial charge in [-0.1, -0.05) is 30.3 Å². The van der Waals surface area contributed by atoms with Crippen LogP contribution in [0.3, 0.4) is 0 Å². The topological polar surface area (TPSA) is 67.4 Å². The Hall–Kier alpha value is -2.82. The Balaban J connectivity index is 1.62. The standard InChI is InChI=1S/C18H18N2O3/c21-17(19-13-10-11-13)12-18(22)20-15-8-4-5-9-16(15)23-14-6-2-1-3-7-14/h1-9,13H,10-12H2,(H,19,21)(H,20,22). The predicted octanol–water partition coefficient (Wildman–Crippen LogP) is 3.09. The van der Waals surface area contributed by atoms with E-state index in [4.69, 9.17) is 4.74 Å². The molecule has 0 bridgehead atoms. The Morgan fingerprint density at radius 1 is 0.957 bits per heavy atom. The van der Waals surface area contributed by atoms with Crippen LogP contribution in [0, 0.1) is 0 Å². The number of amides is 2. The maximum Gasteiger partial charge on any atom is 0.233 e. The minimum absolute atomic E-state index is 0.184. The maximum absolute atomic E-state index is 12.0. The van der Waals surface area contributed by atoms with Gasteiger partial charge in [0.2, 0.25) is 11.8 Å². The molecule has 3 rings (SSSR count). The van der Waals surface area contributed by atoms with Gasteiger partial charge in [-0.25, -0.2) is 0 Å². The van der Waals surface area contributed by atoms with E-state index in [1.807, 2.05) is 36.4 Å². The lowest BCUT2D eigenvalue weighted by Crippen LogP contribution is -2.29. The first-order valence-corrected chi connectivity index (χ1v) is 7.62. The summed E-state index contributed by atoms with van der Waals surface area (Å²) in [6, 6.07) is 16.7. The van der Waals surface area contributed by atoms with Gasteiger partial charge in [0, 0.05) is 6.04 Å². The summed E-state index contributed by atoms with van der Waals surface area (Å²) in [7, 11) is 0. The van der Waals surface area contributed by atoms with Crippen LogP contribution in [0.1, 0.15) is 19.3 Å². The summed E-state index contributed by atoms with van der Waals surface area (Å²) >= 11 is 0. The highest BCUT2D eigenvalue weighted by Gasteiger charge is 2.24. The molecule has 0 heterocycles. The summed E-state index contributed by atoms with van der Waals surface area (Å²) in [6.45, 7) is 0. The van der Waals surface area contributed by atoms with Gasteiger partial charge in [0.25, 0.3) is 0 Å². The van der Waals surface area contributed by atoms with Crippen LogP contribution in [0.4, 0.5) is 5.69 Å². The van der Waals surface area contributed by atoms with Crippen molar-refractivity contribution in [3.8, 4) is 11.5 Å². The van der Waals surface area contributed by atoms with Crippen molar-refractivity contribution in [1.29, 1.82) is 0 Å². The van der Waals surface area contributed by atoms with Crippen molar-refractivity contribution >= 4 is 17.5 Å². The predicted molar refractivity (Wildman–Crippen MR) is 87.4 cm³/mol. The summed E-state index contributed by atoms with van der Waals surface area (Å²) in [4.78, 5) is 23.7. The van der Waals surface area contributed by atoms with E-state index >= 15 is 0 Å². The number of nitrogens with one attached hydrogen (secondary N) is 2. The van der Waals surface area contributed by atoms with E-state index in [1.165, 1.54) is 0 Å². The summed E-state index contributed by atoms with van der Waals surface area (Å²) in [5, 5.41) is 5.52. The third kappa shape index (κ3) is 4.57. The zero-order chi connectivity index (χ0) is 16.1. The van der Waals surface area contributed by atoms with Crippen molar-refractivity contribution < 1.29 is 14.3 Å². The van der Waals surface area contributed by atoms with Crippen LogP contribution in [-0.4, -0.2) is 17.9 Å². The Morgan fingerprint density at radius 3 is 2.39 bits per heavy atom. The number of carbonyl (C=O) groups is 2. The van der Waals surface area contributed by atoms with E-state index in [-0.39, 0.29) is 24.3 Å². The van der Waals surface area contributed by atoms with Crippen LogP contribution < -0.4 is 15.4 Å². The fourth-order valence-electron chi connectivity index (χ4n) is 2.12. The Labute approximate surface area is 134 Å². The lowest BCUT2D eigenvalue weighted by atomic mass is 10.2. The molecule has 2 amide bonds. The molecule has 1 aliphatic carbocycles. The number of anilines is 1. The summed E-state index contributed by atoms with van der Waals surface area (Å²) in [5.74, 6) is 0.619. The average Bonchev–Trinajstić information content (AvgIpc) is 3.34. The number of benzene rings is 2. The molecule has 1 aliphatic rings. The van der Waals surface area contributed by atoms with E-state index < -0.39 is 0 Å². The van der Waals surface area contributed by atoms with E-state index in [0.29, 0.717) is 17.2 Å². The molecular formula is C18H18N2O3. The minimum Gasteiger partial charge on any atom is -0.455 e. The molecule has 0 unspecified atom stereocenters. The van der Waals surface area contributed by atoms with Crippen molar-refractivity contribution in [1.82, 2.24) is 5.32 Å². The highest BCUT2D eigenvalue weighted by atomic mass is 16.5. The van der Waals surface area contributed by atoms with Gasteiger partial charge >= 0.3 is 0 Å². The van der Waals surface area contributed by atoms with E-state index in [9.17, 15) is 9.59 Å². The Bertz CT molecular complexity index is 696. The second-order valence-electron chi connectivity index (χ2n) is 5.48. The van der Waals surface area contributed by atoms with Crippen molar-refractivity contribution in [2.75, 3.05) is 5.32 Å². The molecule has 5 heteroatoms. The normalized spacial score (nSPS) is 13.2.